The van der Waals surface area contributed by atoms with Crippen molar-refractivity contribution in [2.45, 2.75) is 0 Å². The molecule has 70 heavy (non-hydrogen) atoms. The first kappa shape index (κ1) is 40.1. The average Bonchev–Trinajstić information content (AvgIpc) is 4.08. The van der Waals surface area contributed by atoms with E-state index in [1.165, 1.54) is 91.8 Å². The van der Waals surface area contributed by atoms with Gasteiger partial charge in [-0.3, -0.25) is 0 Å². The van der Waals surface area contributed by atoms with Crippen molar-refractivity contribution >= 4 is 94.2 Å². The summed E-state index contributed by atoms with van der Waals surface area (Å²) in [6, 6.07) is 102. The lowest BCUT2D eigenvalue weighted by molar-refractivity contribution is 1.15. The van der Waals surface area contributed by atoms with Gasteiger partial charge in [0.2, 0.25) is 0 Å². The van der Waals surface area contributed by atoms with Crippen LogP contribution in [-0.2, 0) is 0 Å². The second kappa shape index (κ2) is 16.1. The van der Waals surface area contributed by atoms with Gasteiger partial charge in [0.05, 0.1) is 33.1 Å². The van der Waals surface area contributed by atoms with E-state index in [4.69, 9.17) is 0 Å². The fourth-order valence-corrected chi connectivity index (χ4v) is 16.9. The molecule has 0 aliphatic carbocycles. The van der Waals surface area contributed by atoms with Crippen molar-refractivity contribution in [1.29, 1.82) is 0 Å². The van der Waals surface area contributed by atoms with Crippen LogP contribution in [0.1, 0.15) is 0 Å². The van der Waals surface area contributed by atoms with E-state index in [0.29, 0.717) is 0 Å². The van der Waals surface area contributed by atoms with E-state index in [-0.39, 0.29) is 0 Å². The number of fused-ring (bicyclic) bond motifs is 9. The van der Waals surface area contributed by atoms with Crippen LogP contribution < -0.4 is 20.7 Å². The molecule has 0 bridgehead atoms. The lowest BCUT2D eigenvalue weighted by atomic mass is 10.1. The Kier molecular flexibility index (Phi) is 9.23. The molecule has 0 aliphatic heterocycles. The topological polar surface area (TPSA) is 14.8 Å². The van der Waals surface area contributed by atoms with Gasteiger partial charge in [0.15, 0.2) is 8.07 Å². The van der Waals surface area contributed by atoms with E-state index < -0.39 is 8.07 Å². The quantitative estimate of drug-likeness (QED) is 0.107. The van der Waals surface area contributed by atoms with Crippen molar-refractivity contribution in [3.8, 4) is 28.2 Å². The summed E-state index contributed by atoms with van der Waals surface area (Å²) in [4.78, 5) is 0. The lowest BCUT2D eigenvalue weighted by Crippen LogP contribution is -2.74. The molecule has 0 fully saturated rings. The van der Waals surface area contributed by atoms with Crippen LogP contribution in [0.2, 0.25) is 0 Å². The molecule has 3 heterocycles. The maximum atomic E-state index is 2.57. The Morgan fingerprint density at radius 3 is 1.16 bits per heavy atom. The first-order valence-electron chi connectivity index (χ1n) is 24.2. The van der Waals surface area contributed by atoms with Crippen molar-refractivity contribution in [3.63, 3.8) is 0 Å². The summed E-state index contributed by atoms with van der Waals surface area (Å²) in [7, 11) is -3.13. The second-order valence-electron chi connectivity index (χ2n) is 18.4. The Labute approximate surface area is 407 Å². The molecular formula is C66H45N3Si. The third kappa shape index (κ3) is 6.00. The fourth-order valence-electron chi connectivity index (χ4n) is 11.8. The molecular weight excluding hydrogens is 863 g/mol. The predicted octanol–water partition coefficient (Wildman–Crippen LogP) is 14.0. The highest BCUT2D eigenvalue weighted by atomic mass is 28.3. The fraction of sp³-hybridized carbons (Fsp3) is 0. The van der Waals surface area contributed by atoms with E-state index in [2.05, 4.69) is 287 Å². The van der Waals surface area contributed by atoms with Gasteiger partial charge in [-0.15, -0.1) is 0 Å². The van der Waals surface area contributed by atoms with Crippen LogP contribution in [0.3, 0.4) is 0 Å². The van der Waals surface area contributed by atoms with Gasteiger partial charge in [-0.1, -0.05) is 212 Å². The van der Waals surface area contributed by atoms with E-state index in [1.54, 1.807) is 0 Å². The summed E-state index contributed by atoms with van der Waals surface area (Å²) in [6.07, 6.45) is 0. The van der Waals surface area contributed by atoms with Gasteiger partial charge >= 0.3 is 0 Å². The molecule has 4 heteroatoms. The van der Waals surface area contributed by atoms with Crippen molar-refractivity contribution in [2.24, 2.45) is 0 Å². The first-order chi connectivity index (χ1) is 34.8. The van der Waals surface area contributed by atoms with Crippen LogP contribution in [0, 0.1) is 0 Å². The molecule has 328 valence electrons. The molecule has 11 aromatic carbocycles. The van der Waals surface area contributed by atoms with Gasteiger partial charge in [0.25, 0.3) is 0 Å². The zero-order chi connectivity index (χ0) is 46.2. The normalized spacial score (nSPS) is 12.0. The van der Waals surface area contributed by atoms with Crippen molar-refractivity contribution in [3.05, 3.63) is 273 Å². The summed E-state index contributed by atoms with van der Waals surface area (Å²) < 4.78 is 7.52. The standard InChI is InChI=1S/C66H45N3Si/c1-5-22-46(23-6-1)47-24-21-25-48(42-47)67-59-36-17-15-34-56(59)57-41-40-49(43-63(57)67)68-62-39-20-16-35-58(62)66-64(68)44-50(69-60-37-18-13-32-54(60)55-33-14-19-38-61(55)69)45-65(66)70(51-26-7-2-8-27-51,52-28-9-3-10-29-52)53-30-11-4-12-31-53/h1-45H. The largest absolute Gasteiger partial charge is 0.309 e. The molecule has 0 saturated heterocycles. The second-order valence-corrected chi connectivity index (χ2v) is 22.2. The first-order valence-corrected chi connectivity index (χ1v) is 26.2. The minimum absolute atomic E-state index is 1.11. The molecule has 0 atom stereocenters. The SMILES string of the molecule is c1ccc(-c2cccc(-n3c4ccccc4c4ccc(-n5c6ccccc6c6c([Si](c7ccccc7)(c7ccccc7)c7ccccc7)cc(-n7c8ccccc8c8ccccc87)cc65)cc43)c2)cc1. The summed E-state index contributed by atoms with van der Waals surface area (Å²) in [5.74, 6) is 0. The zero-order valence-corrected chi connectivity index (χ0v) is 39.3. The van der Waals surface area contributed by atoms with Gasteiger partial charge in [-0.05, 0) is 92.5 Å². The number of para-hydroxylation sites is 4. The molecule has 0 unspecified atom stereocenters. The van der Waals surface area contributed by atoms with Gasteiger partial charge in [0, 0.05) is 49.4 Å². The minimum atomic E-state index is -3.13. The minimum Gasteiger partial charge on any atom is -0.309 e. The van der Waals surface area contributed by atoms with E-state index in [0.717, 1.165) is 22.6 Å². The van der Waals surface area contributed by atoms with Gasteiger partial charge in [-0.25, -0.2) is 0 Å². The molecule has 14 rings (SSSR count). The monoisotopic (exact) mass is 907 g/mol. The van der Waals surface area contributed by atoms with Crippen LogP contribution in [0.4, 0.5) is 0 Å². The molecule has 0 saturated carbocycles. The molecule has 0 N–H and O–H groups in total. The summed E-state index contributed by atoms with van der Waals surface area (Å²) in [5, 5.41) is 12.8. The van der Waals surface area contributed by atoms with Crippen LogP contribution in [0.5, 0.6) is 0 Å². The Bertz CT molecular complexity index is 4130. The highest BCUT2D eigenvalue weighted by molar-refractivity contribution is 7.20. The number of aromatic nitrogens is 3. The van der Waals surface area contributed by atoms with E-state index >= 15 is 0 Å². The Balaban J connectivity index is 1.15. The van der Waals surface area contributed by atoms with Crippen molar-refractivity contribution < 1.29 is 0 Å². The van der Waals surface area contributed by atoms with Crippen molar-refractivity contribution in [1.82, 2.24) is 13.7 Å². The van der Waals surface area contributed by atoms with Crippen LogP contribution in [0.15, 0.2) is 273 Å². The lowest BCUT2D eigenvalue weighted by Gasteiger charge is -2.35. The molecule has 0 spiro atoms. The van der Waals surface area contributed by atoms with Gasteiger partial charge in [0.1, 0.15) is 0 Å². The highest BCUT2D eigenvalue weighted by Crippen LogP contribution is 2.40. The molecule has 3 nitrogen and oxygen atoms in total. The smallest absolute Gasteiger partial charge is 0.180 e. The third-order valence-electron chi connectivity index (χ3n) is 14.7. The van der Waals surface area contributed by atoms with E-state index in [9.17, 15) is 0 Å². The number of benzene rings is 11. The van der Waals surface area contributed by atoms with Gasteiger partial charge in [-0.2, -0.15) is 0 Å². The third-order valence-corrected chi connectivity index (χ3v) is 19.5. The average molecular weight is 908 g/mol. The van der Waals surface area contributed by atoms with Crippen LogP contribution >= 0.6 is 0 Å². The summed E-state index contributed by atoms with van der Waals surface area (Å²) >= 11 is 0. The number of nitrogens with zero attached hydrogens (tertiary/aromatic N) is 3. The van der Waals surface area contributed by atoms with Crippen LogP contribution in [0.25, 0.3) is 93.6 Å². The summed E-state index contributed by atoms with van der Waals surface area (Å²) in [6.45, 7) is 0. The van der Waals surface area contributed by atoms with Crippen molar-refractivity contribution in [2.75, 3.05) is 0 Å². The number of hydrogen-bond acceptors (Lipinski definition) is 0. The molecule has 0 amide bonds. The number of hydrogen-bond donors (Lipinski definition) is 0. The Morgan fingerprint density at radius 1 is 0.229 bits per heavy atom. The maximum Gasteiger partial charge on any atom is 0.180 e. The maximum absolute atomic E-state index is 3.13. The zero-order valence-electron chi connectivity index (χ0n) is 38.3. The van der Waals surface area contributed by atoms with Gasteiger partial charge < -0.3 is 13.7 Å². The molecule has 0 aliphatic rings. The predicted molar refractivity (Wildman–Crippen MR) is 299 cm³/mol. The molecule has 0 radical (unpaired) electrons. The Hall–Kier alpha value is -8.96. The molecule has 3 aromatic heterocycles. The number of rotatable bonds is 8. The highest BCUT2D eigenvalue weighted by Gasteiger charge is 2.44. The molecule has 14 aromatic rings. The Morgan fingerprint density at radius 2 is 0.614 bits per heavy atom. The summed E-state index contributed by atoms with van der Waals surface area (Å²) in [5.41, 5.74) is 12.8. The van der Waals surface area contributed by atoms with E-state index in [1.807, 2.05) is 0 Å². The van der Waals surface area contributed by atoms with Crippen LogP contribution in [-0.4, -0.2) is 21.8 Å².